The smallest absolute Gasteiger partial charge is 0.311 e. The maximum Gasteiger partial charge on any atom is 0.311 e. The van der Waals surface area contributed by atoms with Gasteiger partial charge in [-0.1, -0.05) is 65.8 Å². The fourth-order valence-corrected chi connectivity index (χ4v) is 13.2. The Bertz CT molecular complexity index is 1150. The summed E-state index contributed by atoms with van der Waals surface area (Å²) in [7, 11) is 2.14. The van der Waals surface area contributed by atoms with E-state index in [1.165, 1.54) is 68.9 Å². The number of carbonyl (C=O) groups excluding carboxylic acids is 1. The second-order valence-corrected chi connectivity index (χ2v) is 17.3. The first-order chi connectivity index (χ1) is 18.7. The fourth-order valence-electron chi connectivity index (χ4n) is 13.0. The van der Waals surface area contributed by atoms with Crippen molar-refractivity contribution in [2.45, 2.75) is 126 Å². The number of hydrogen-bond donors (Lipinski definition) is 0. The maximum atomic E-state index is 12.1. The van der Waals surface area contributed by atoms with Gasteiger partial charge >= 0.3 is 5.97 Å². The van der Waals surface area contributed by atoms with Crippen LogP contribution in [0.1, 0.15) is 126 Å². The predicted molar refractivity (Wildman–Crippen MR) is 169 cm³/mol. The molecule has 0 amide bonds. The first kappa shape index (κ1) is 29.2. The topological polar surface area (TPSA) is 26.3 Å². The highest BCUT2D eigenvalue weighted by atomic mass is 31.0. The third-order valence-electron chi connectivity index (χ3n) is 15.3. The summed E-state index contributed by atoms with van der Waals surface area (Å²) in [5.41, 5.74) is 6.49. The molecule has 222 valence electrons. The van der Waals surface area contributed by atoms with Crippen LogP contribution in [0.3, 0.4) is 0 Å². The van der Waals surface area contributed by atoms with E-state index in [4.69, 9.17) is 4.52 Å². The van der Waals surface area contributed by atoms with Crippen LogP contribution >= 0.6 is 9.47 Å². The van der Waals surface area contributed by atoms with Crippen LogP contribution in [-0.2, 0) is 9.32 Å². The lowest BCUT2D eigenvalue weighted by Gasteiger charge is -2.72. The van der Waals surface area contributed by atoms with E-state index < -0.39 is 0 Å². The zero-order valence-corrected chi connectivity index (χ0v) is 27.9. The SMILES string of the molecule is C=C(C)[C@@H]1CC[C@]2(C)CC[C@]3(C)[C@H](CC[C@@H]4[C@@]5(C)CC=C(C6=CCC(C(=O)OP)CC6)C(C)(C)[C@@H]5CC[C@]43C)[C@@H]12. The Hall–Kier alpha value is -0.880. The van der Waals surface area contributed by atoms with Crippen LogP contribution in [0.2, 0.25) is 0 Å². The van der Waals surface area contributed by atoms with Crippen LogP contribution in [0.25, 0.3) is 0 Å². The Kier molecular flexibility index (Phi) is 6.98. The van der Waals surface area contributed by atoms with E-state index in [1.54, 1.807) is 5.57 Å². The van der Waals surface area contributed by atoms with Crippen LogP contribution in [0.5, 0.6) is 0 Å². The minimum Gasteiger partial charge on any atom is -0.451 e. The van der Waals surface area contributed by atoms with Gasteiger partial charge in [0.15, 0.2) is 0 Å². The van der Waals surface area contributed by atoms with Crippen molar-refractivity contribution < 1.29 is 9.32 Å². The van der Waals surface area contributed by atoms with Crippen molar-refractivity contribution in [1.82, 2.24) is 0 Å². The lowest BCUT2D eigenvalue weighted by molar-refractivity contribution is -0.225. The van der Waals surface area contributed by atoms with Gasteiger partial charge in [0.2, 0.25) is 0 Å². The van der Waals surface area contributed by atoms with Gasteiger partial charge < -0.3 is 4.52 Å². The molecule has 11 atom stereocenters. The second kappa shape index (κ2) is 9.56. The van der Waals surface area contributed by atoms with Crippen molar-refractivity contribution in [2.75, 3.05) is 0 Å². The summed E-state index contributed by atoms with van der Waals surface area (Å²) in [6.07, 6.45) is 20.3. The zero-order valence-electron chi connectivity index (χ0n) is 26.7. The average Bonchev–Trinajstić information content (AvgIpc) is 3.26. The summed E-state index contributed by atoms with van der Waals surface area (Å²) in [4.78, 5) is 12.1. The molecule has 4 saturated carbocycles. The van der Waals surface area contributed by atoms with E-state index in [0.29, 0.717) is 21.7 Å². The normalized spacial score (nSPS) is 49.4. The second-order valence-electron chi connectivity index (χ2n) is 17.0. The van der Waals surface area contributed by atoms with E-state index >= 15 is 0 Å². The van der Waals surface area contributed by atoms with E-state index in [9.17, 15) is 4.79 Å². The molecule has 0 aromatic carbocycles. The number of rotatable bonds is 3. The molecule has 6 aliphatic carbocycles. The Morgan fingerprint density at radius 2 is 1.65 bits per heavy atom. The Labute approximate surface area is 247 Å². The molecule has 0 spiro atoms. The molecule has 4 fully saturated rings. The molecule has 0 N–H and O–H groups in total. The van der Waals surface area contributed by atoms with Crippen molar-refractivity contribution in [1.29, 1.82) is 0 Å². The first-order valence-electron chi connectivity index (χ1n) is 16.7. The molecule has 0 saturated heterocycles. The van der Waals surface area contributed by atoms with Gasteiger partial charge in [-0.15, -0.1) is 0 Å². The highest BCUT2D eigenvalue weighted by Gasteiger charge is 2.69. The third kappa shape index (κ3) is 3.85. The summed E-state index contributed by atoms with van der Waals surface area (Å²) >= 11 is 0. The van der Waals surface area contributed by atoms with Crippen LogP contribution in [0, 0.1) is 62.6 Å². The minimum absolute atomic E-state index is 0.0202. The Morgan fingerprint density at radius 1 is 0.900 bits per heavy atom. The molecule has 0 bridgehead atoms. The largest absolute Gasteiger partial charge is 0.451 e. The number of carbonyl (C=O) groups is 1. The van der Waals surface area contributed by atoms with Crippen molar-refractivity contribution >= 4 is 15.4 Å². The van der Waals surface area contributed by atoms with Gasteiger partial charge in [-0.05, 0) is 152 Å². The van der Waals surface area contributed by atoms with Gasteiger partial charge in [-0.2, -0.15) is 0 Å². The van der Waals surface area contributed by atoms with Crippen LogP contribution in [-0.4, -0.2) is 5.97 Å². The molecule has 0 aliphatic heterocycles. The van der Waals surface area contributed by atoms with Crippen molar-refractivity contribution in [2.24, 2.45) is 62.6 Å². The fraction of sp³-hybridized carbons (Fsp3) is 0.811. The van der Waals surface area contributed by atoms with E-state index in [0.717, 1.165) is 48.9 Å². The molecule has 0 heterocycles. The standard InChI is InChI=1S/C37H57O2P/c1-23(2)26-15-18-34(5)21-22-36(7)28(31(26)34)13-14-30-35(6)19-16-27(24-9-11-25(12-10-24)32(38)39-40)33(3,4)29(35)17-20-37(30,36)8/h9,16,25-26,28-31H,1,10-15,17-22,40H2,2-8H3/t25?,26-,28+,29-,30+,31+,34+,35-,36+,37+/m0/s1. The zero-order chi connectivity index (χ0) is 28.9. The number of hydrogen-bond acceptors (Lipinski definition) is 2. The lowest BCUT2D eigenvalue weighted by atomic mass is 9.32. The van der Waals surface area contributed by atoms with Gasteiger partial charge in [-0.3, -0.25) is 4.79 Å². The van der Waals surface area contributed by atoms with Gasteiger partial charge in [0.05, 0.1) is 15.4 Å². The predicted octanol–water partition coefficient (Wildman–Crippen LogP) is 10.3. The molecule has 2 unspecified atom stereocenters. The maximum absolute atomic E-state index is 12.1. The molecular formula is C37H57O2P. The molecule has 3 heteroatoms. The van der Waals surface area contributed by atoms with Gasteiger partial charge in [-0.25, -0.2) is 0 Å². The minimum atomic E-state index is -0.0735. The Morgan fingerprint density at radius 3 is 2.30 bits per heavy atom. The highest BCUT2D eigenvalue weighted by molar-refractivity contribution is 7.10. The lowest BCUT2D eigenvalue weighted by Crippen LogP contribution is -2.65. The molecule has 6 aliphatic rings. The van der Waals surface area contributed by atoms with Crippen molar-refractivity contribution in [3.8, 4) is 0 Å². The van der Waals surface area contributed by atoms with E-state index in [2.05, 4.69) is 76.7 Å². The molecule has 6 rings (SSSR count). The van der Waals surface area contributed by atoms with Crippen LogP contribution < -0.4 is 0 Å². The molecule has 2 nitrogen and oxygen atoms in total. The van der Waals surface area contributed by atoms with Crippen molar-refractivity contribution in [3.63, 3.8) is 0 Å². The van der Waals surface area contributed by atoms with Crippen LogP contribution in [0.15, 0.2) is 35.5 Å². The molecular weight excluding hydrogens is 507 g/mol. The summed E-state index contributed by atoms with van der Waals surface area (Å²) < 4.78 is 4.98. The van der Waals surface area contributed by atoms with E-state index in [1.807, 2.05) is 0 Å². The summed E-state index contributed by atoms with van der Waals surface area (Å²) in [6.45, 7) is 22.9. The first-order valence-corrected chi connectivity index (χ1v) is 17.2. The summed E-state index contributed by atoms with van der Waals surface area (Å²) in [5, 5.41) is 0. The van der Waals surface area contributed by atoms with Gasteiger partial charge in [0.25, 0.3) is 0 Å². The Balaban J connectivity index is 1.31. The summed E-state index contributed by atoms with van der Waals surface area (Å²) in [5.74, 6) is 3.90. The average molecular weight is 565 g/mol. The highest BCUT2D eigenvalue weighted by Crippen LogP contribution is 2.77. The van der Waals surface area contributed by atoms with Gasteiger partial charge in [0, 0.05) is 0 Å². The molecule has 40 heavy (non-hydrogen) atoms. The van der Waals surface area contributed by atoms with E-state index in [-0.39, 0.29) is 17.3 Å². The molecule has 0 aromatic heterocycles. The van der Waals surface area contributed by atoms with Crippen LogP contribution in [0.4, 0.5) is 0 Å². The quantitative estimate of drug-likeness (QED) is 0.252. The monoisotopic (exact) mass is 564 g/mol. The molecule has 0 radical (unpaired) electrons. The summed E-state index contributed by atoms with van der Waals surface area (Å²) in [6, 6.07) is 0. The van der Waals surface area contributed by atoms with Gasteiger partial charge in [0.1, 0.15) is 0 Å². The molecule has 0 aromatic rings. The number of fused-ring (bicyclic) bond motifs is 7. The third-order valence-corrected chi connectivity index (χ3v) is 15.5. The number of allylic oxidation sites excluding steroid dienone is 5. The van der Waals surface area contributed by atoms with Crippen molar-refractivity contribution in [3.05, 3.63) is 35.5 Å².